The molecular weight excluding hydrogens is 727 g/mol. The van der Waals surface area contributed by atoms with Gasteiger partial charge < -0.3 is 46.2 Å². The lowest BCUT2D eigenvalue weighted by atomic mass is 9.86. The van der Waals surface area contributed by atoms with Crippen LogP contribution in [-0.2, 0) is 46.7 Å². The third kappa shape index (κ3) is 12.0. The van der Waals surface area contributed by atoms with Crippen LogP contribution in [0, 0.1) is 35.5 Å². The summed E-state index contributed by atoms with van der Waals surface area (Å²) in [6.45, 7) is 5.48. The van der Waals surface area contributed by atoms with E-state index in [-0.39, 0.29) is 50.0 Å². The van der Waals surface area contributed by atoms with Gasteiger partial charge in [-0.25, -0.2) is 4.79 Å². The Labute approximate surface area is 334 Å². The maximum atomic E-state index is 13.9. The third-order valence-electron chi connectivity index (χ3n) is 11.9. The van der Waals surface area contributed by atoms with Crippen LogP contribution in [-0.4, -0.2) is 96.6 Å². The van der Waals surface area contributed by atoms with Crippen LogP contribution < -0.4 is 26.0 Å². The van der Waals surface area contributed by atoms with E-state index in [1.54, 1.807) is 4.90 Å². The Morgan fingerprint density at radius 3 is 1.54 bits per heavy atom. The average Bonchev–Trinajstić information content (AvgIpc) is 4.03. The highest BCUT2D eigenvalue weighted by molar-refractivity contribution is 5.74. The molecule has 3 fully saturated rings. The van der Waals surface area contributed by atoms with E-state index in [4.69, 9.17) is 4.74 Å². The minimum Gasteiger partial charge on any atom is -0.492 e. The van der Waals surface area contributed by atoms with E-state index in [1.807, 2.05) is 72.8 Å². The van der Waals surface area contributed by atoms with Gasteiger partial charge in [0.2, 0.25) is 0 Å². The number of aliphatic carboxylic acids is 3. The molecule has 3 aliphatic rings. The molecule has 0 spiro atoms. The maximum absolute atomic E-state index is 13.9. The molecular formula is C44H57N5O8. The molecule has 0 saturated carbocycles. The van der Waals surface area contributed by atoms with Crippen molar-refractivity contribution in [2.45, 2.75) is 51.6 Å². The van der Waals surface area contributed by atoms with Gasteiger partial charge in [-0.3, -0.25) is 14.4 Å². The molecule has 3 aromatic carbocycles. The van der Waals surface area contributed by atoms with Gasteiger partial charge in [-0.1, -0.05) is 60.7 Å². The third-order valence-corrected chi connectivity index (χ3v) is 11.9. The molecule has 0 aromatic heterocycles. The number of amides is 2. The maximum Gasteiger partial charge on any atom is 0.318 e. The summed E-state index contributed by atoms with van der Waals surface area (Å²) in [5, 5.41) is 42.8. The lowest BCUT2D eigenvalue weighted by Gasteiger charge is -2.24. The molecule has 0 radical (unpaired) electrons. The number of hydrogen-bond donors (Lipinski definition) is 7. The number of hydrogen-bond acceptors (Lipinski definition) is 8. The van der Waals surface area contributed by atoms with Gasteiger partial charge in [0.05, 0.1) is 24.3 Å². The van der Waals surface area contributed by atoms with Crippen molar-refractivity contribution in [2.24, 2.45) is 35.5 Å². The van der Waals surface area contributed by atoms with E-state index in [0.29, 0.717) is 44.6 Å². The van der Waals surface area contributed by atoms with Crippen molar-refractivity contribution in [2.75, 3.05) is 52.4 Å². The Morgan fingerprint density at radius 1 is 0.632 bits per heavy atom. The summed E-state index contributed by atoms with van der Waals surface area (Å²) in [7, 11) is 0. The molecule has 6 rings (SSSR count). The minimum atomic E-state index is -0.802. The number of carboxylic acid groups (broad SMARTS) is 3. The van der Waals surface area contributed by atoms with Gasteiger partial charge >= 0.3 is 23.9 Å². The molecule has 3 aromatic rings. The van der Waals surface area contributed by atoms with Crippen molar-refractivity contribution in [3.8, 4) is 5.75 Å². The zero-order valence-corrected chi connectivity index (χ0v) is 32.5. The highest BCUT2D eigenvalue weighted by atomic mass is 16.5. The molecule has 13 heteroatoms. The lowest BCUT2D eigenvalue weighted by molar-refractivity contribution is -0.144. The fourth-order valence-corrected chi connectivity index (χ4v) is 8.71. The molecule has 0 bridgehead atoms. The average molecular weight is 784 g/mol. The van der Waals surface area contributed by atoms with Crippen LogP contribution in [0.3, 0.4) is 0 Å². The Bertz CT molecular complexity index is 1820. The lowest BCUT2D eigenvalue weighted by Crippen LogP contribution is -2.41. The van der Waals surface area contributed by atoms with Gasteiger partial charge in [0.1, 0.15) is 12.4 Å². The second-order valence-electron chi connectivity index (χ2n) is 15.9. The topological polar surface area (TPSA) is 190 Å². The SMILES string of the molecule is O=C(O)C(Cc1cccc(CNC(=O)N(CCOc2cccc(CC(C(=O)O)C3CCNC3)c2)Cc2cccc(CC(C(=O)O)C3CCNC3)c2)c1)C1CCNC1. The quantitative estimate of drug-likeness (QED) is 0.0877. The number of benzene rings is 3. The normalized spacial score (nSPS) is 20.7. The number of carbonyl (C=O) groups excluding carboxylic acids is 1. The highest BCUT2D eigenvalue weighted by Crippen LogP contribution is 2.27. The Balaban J connectivity index is 1.12. The molecule has 3 saturated heterocycles. The van der Waals surface area contributed by atoms with Gasteiger partial charge in [-0.05, 0) is 135 Å². The fraction of sp³-hybridized carbons (Fsp3) is 0.500. The zero-order chi connectivity index (χ0) is 40.1. The Kier molecular flexibility index (Phi) is 14.9. The standard InChI is InChI=1S/C44H57N5O8/c50-41(51)38(34-10-13-45-25-34)21-29-4-1-7-32(18-29)24-48-44(56)49(28-33-8-2-5-30(19-33)22-39(42(52)53)35-11-14-46-26-35)16-17-57-37-9-3-6-31(20-37)23-40(43(54)55)36-12-15-47-27-36/h1-9,18-20,34-36,38-40,45-47H,10-17,21-28H2,(H,48,56)(H,50,51)(H,52,53)(H,54,55). The first-order chi connectivity index (χ1) is 27.6. The van der Waals surface area contributed by atoms with Crippen LogP contribution >= 0.6 is 0 Å². The largest absolute Gasteiger partial charge is 0.492 e. The molecule has 6 unspecified atom stereocenters. The van der Waals surface area contributed by atoms with Gasteiger partial charge in [0.25, 0.3) is 0 Å². The van der Waals surface area contributed by atoms with Crippen molar-refractivity contribution in [3.05, 3.63) is 101 Å². The van der Waals surface area contributed by atoms with Crippen LogP contribution in [0.15, 0.2) is 72.8 Å². The van der Waals surface area contributed by atoms with Crippen molar-refractivity contribution in [1.82, 2.24) is 26.2 Å². The van der Waals surface area contributed by atoms with Crippen molar-refractivity contribution < 1.29 is 39.2 Å². The number of nitrogens with zero attached hydrogens (tertiary/aromatic N) is 1. The van der Waals surface area contributed by atoms with Crippen molar-refractivity contribution in [1.29, 1.82) is 0 Å². The van der Waals surface area contributed by atoms with Crippen LogP contribution in [0.5, 0.6) is 5.75 Å². The van der Waals surface area contributed by atoms with E-state index >= 15 is 0 Å². The summed E-state index contributed by atoms with van der Waals surface area (Å²) in [6, 6.07) is 22.6. The van der Waals surface area contributed by atoms with Gasteiger partial charge in [-0.2, -0.15) is 0 Å². The molecule has 3 heterocycles. The zero-order valence-electron chi connectivity index (χ0n) is 32.5. The molecule has 306 valence electrons. The van der Waals surface area contributed by atoms with Gasteiger partial charge in [0.15, 0.2) is 0 Å². The molecule has 3 aliphatic heterocycles. The number of carboxylic acids is 3. The van der Waals surface area contributed by atoms with Crippen molar-refractivity contribution in [3.63, 3.8) is 0 Å². The van der Waals surface area contributed by atoms with E-state index < -0.39 is 35.7 Å². The smallest absolute Gasteiger partial charge is 0.318 e. The fourth-order valence-electron chi connectivity index (χ4n) is 8.71. The monoisotopic (exact) mass is 783 g/mol. The van der Waals surface area contributed by atoms with Crippen LogP contribution in [0.1, 0.15) is 47.1 Å². The molecule has 6 atom stereocenters. The van der Waals surface area contributed by atoms with E-state index in [1.165, 1.54) is 0 Å². The molecule has 0 aliphatic carbocycles. The highest BCUT2D eigenvalue weighted by Gasteiger charge is 2.33. The molecule has 13 nitrogen and oxygen atoms in total. The Morgan fingerprint density at radius 2 is 1.07 bits per heavy atom. The van der Waals surface area contributed by atoms with E-state index in [0.717, 1.165) is 66.7 Å². The predicted octanol–water partition coefficient (Wildman–Crippen LogP) is 4.04. The first kappa shape index (κ1) is 41.6. The number of urea groups is 1. The molecule has 7 N–H and O–H groups in total. The number of nitrogens with one attached hydrogen (secondary N) is 4. The second-order valence-corrected chi connectivity index (χ2v) is 15.9. The summed E-state index contributed by atoms with van der Waals surface area (Å²) < 4.78 is 6.16. The van der Waals surface area contributed by atoms with Crippen LogP contribution in [0.2, 0.25) is 0 Å². The van der Waals surface area contributed by atoms with Gasteiger partial charge in [0, 0.05) is 13.1 Å². The van der Waals surface area contributed by atoms with E-state index in [2.05, 4.69) is 21.3 Å². The summed E-state index contributed by atoms with van der Waals surface area (Å²) in [5.74, 6) is -3.07. The number of carbonyl (C=O) groups is 4. The summed E-state index contributed by atoms with van der Waals surface area (Å²) >= 11 is 0. The first-order valence-corrected chi connectivity index (χ1v) is 20.3. The molecule has 2 amide bonds. The van der Waals surface area contributed by atoms with E-state index in [9.17, 15) is 34.5 Å². The second kappa shape index (κ2) is 20.4. The number of ether oxygens (including phenoxy) is 1. The predicted molar refractivity (Wildman–Crippen MR) is 215 cm³/mol. The Hall–Kier alpha value is -4.98. The summed E-state index contributed by atoms with van der Waals surface area (Å²) in [6.07, 6.45) is 3.71. The summed E-state index contributed by atoms with van der Waals surface area (Å²) in [4.78, 5) is 52.1. The van der Waals surface area contributed by atoms with Gasteiger partial charge in [-0.15, -0.1) is 0 Å². The van der Waals surface area contributed by atoms with Crippen LogP contribution in [0.4, 0.5) is 4.79 Å². The summed E-state index contributed by atoms with van der Waals surface area (Å²) in [5.41, 5.74) is 4.41. The molecule has 57 heavy (non-hydrogen) atoms. The van der Waals surface area contributed by atoms with Crippen LogP contribution in [0.25, 0.3) is 0 Å². The number of rotatable bonds is 20. The van der Waals surface area contributed by atoms with Crippen molar-refractivity contribution >= 4 is 23.9 Å². The first-order valence-electron chi connectivity index (χ1n) is 20.3. The minimum absolute atomic E-state index is 0.0621.